The summed E-state index contributed by atoms with van der Waals surface area (Å²) in [5, 5.41) is 0. The molecule has 1 heterocycles. The van der Waals surface area contributed by atoms with Crippen molar-refractivity contribution in [1.29, 1.82) is 0 Å². The second kappa shape index (κ2) is 6.06. The van der Waals surface area contributed by atoms with Gasteiger partial charge in [0.15, 0.2) is 11.5 Å². The number of fused-ring (bicyclic) bond motifs is 3. The van der Waals surface area contributed by atoms with E-state index in [2.05, 4.69) is 36.2 Å². The monoisotopic (exact) mass is 351 g/mol. The predicted octanol–water partition coefficient (Wildman–Crippen LogP) is 5.78. The Kier molecular flexibility index (Phi) is 3.54. The molecule has 0 radical (unpaired) electrons. The van der Waals surface area contributed by atoms with Gasteiger partial charge < -0.3 is 4.42 Å². The first-order valence-corrected chi connectivity index (χ1v) is 9.09. The summed E-state index contributed by atoms with van der Waals surface area (Å²) in [4.78, 5) is 17.2. The molecular weight excluding hydrogens is 334 g/mol. The van der Waals surface area contributed by atoms with Gasteiger partial charge in [0, 0.05) is 27.8 Å². The first-order valence-electron chi connectivity index (χ1n) is 9.09. The van der Waals surface area contributed by atoms with Crippen LogP contribution in [0.5, 0.6) is 0 Å². The highest BCUT2D eigenvalue weighted by molar-refractivity contribution is 6.23. The normalized spacial score (nSPS) is 12.1. The summed E-state index contributed by atoms with van der Waals surface area (Å²) in [5.41, 5.74) is 6.43. The van der Waals surface area contributed by atoms with Crippen LogP contribution in [0.25, 0.3) is 33.9 Å². The van der Waals surface area contributed by atoms with E-state index in [1.807, 2.05) is 42.5 Å². The Morgan fingerprint density at radius 2 is 1.52 bits per heavy atom. The zero-order valence-corrected chi connectivity index (χ0v) is 14.9. The minimum absolute atomic E-state index is 0.0596. The Morgan fingerprint density at radius 3 is 2.30 bits per heavy atom. The summed E-state index contributed by atoms with van der Waals surface area (Å²) < 4.78 is 6.08. The van der Waals surface area contributed by atoms with Crippen molar-refractivity contribution in [3.63, 3.8) is 0 Å². The van der Waals surface area contributed by atoms with Gasteiger partial charge in [-0.15, -0.1) is 0 Å². The first-order chi connectivity index (χ1) is 13.3. The summed E-state index contributed by atoms with van der Waals surface area (Å²) in [6.07, 6.45) is 2.75. The van der Waals surface area contributed by atoms with Crippen molar-refractivity contribution in [2.45, 2.75) is 13.3 Å². The number of ketones is 1. The number of hydrogen-bond donors (Lipinski definition) is 0. The van der Waals surface area contributed by atoms with E-state index in [4.69, 9.17) is 4.42 Å². The molecule has 1 aliphatic rings. The van der Waals surface area contributed by atoms with Gasteiger partial charge in [-0.25, -0.2) is 4.98 Å². The van der Waals surface area contributed by atoms with E-state index in [0.717, 1.165) is 40.0 Å². The standard InChI is InChI=1S/C24H17NO2/c1-2-15-10-12-16(13-11-15)21-14-25-24(27-21)20-9-5-8-19-22(20)17-6-3-4-7-18(17)23(19)26/h3-14H,2H2,1H3. The average molecular weight is 351 g/mol. The van der Waals surface area contributed by atoms with Crippen LogP contribution in [0, 0.1) is 0 Å². The lowest BCUT2D eigenvalue weighted by Crippen LogP contribution is -1.94. The number of carbonyl (C=O) groups excluding carboxylic acids is 1. The highest BCUT2D eigenvalue weighted by atomic mass is 16.4. The zero-order chi connectivity index (χ0) is 18.4. The van der Waals surface area contributed by atoms with Crippen LogP contribution >= 0.6 is 0 Å². The van der Waals surface area contributed by atoms with E-state index in [-0.39, 0.29) is 5.78 Å². The van der Waals surface area contributed by atoms with E-state index in [0.29, 0.717) is 11.5 Å². The maximum absolute atomic E-state index is 12.7. The minimum Gasteiger partial charge on any atom is -0.436 e. The molecule has 1 aliphatic carbocycles. The molecule has 0 unspecified atom stereocenters. The molecule has 27 heavy (non-hydrogen) atoms. The molecular formula is C24H17NO2. The lowest BCUT2D eigenvalue weighted by atomic mass is 9.99. The van der Waals surface area contributed by atoms with Gasteiger partial charge in [0.2, 0.25) is 5.89 Å². The molecule has 0 fully saturated rings. The van der Waals surface area contributed by atoms with Crippen molar-refractivity contribution >= 4 is 5.78 Å². The number of aromatic nitrogens is 1. The highest BCUT2D eigenvalue weighted by Gasteiger charge is 2.29. The fourth-order valence-corrected chi connectivity index (χ4v) is 3.69. The summed E-state index contributed by atoms with van der Waals surface area (Å²) in [5.74, 6) is 1.32. The third-order valence-electron chi connectivity index (χ3n) is 5.13. The molecule has 1 aromatic heterocycles. The quantitative estimate of drug-likeness (QED) is 0.414. The summed E-state index contributed by atoms with van der Waals surface area (Å²) in [7, 11) is 0. The van der Waals surface area contributed by atoms with Crippen LogP contribution in [0.3, 0.4) is 0 Å². The Morgan fingerprint density at radius 1 is 0.815 bits per heavy atom. The predicted molar refractivity (Wildman–Crippen MR) is 106 cm³/mol. The Bertz CT molecular complexity index is 1170. The maximum atomic E-state index is 12.7. The van der Waals surface area contributed by atoms with Crippen molar-refractivity contribution in [3.8, 4) is 33.9 Å². The Balaban J connectivity index is 1.62. The molecule has 3 heteroatoms. The summed E-state index contributed by atoms with van der Waals surface area (Å²) >= 11 is 0. The fourth-order valence-electron chi connectivity index (χ4n) is 3.69. The number of aryl methyl sites for hydroxylation is 1. The molecule has 130 valence electrons. The van der Waals surface area contributed by atoms with Gasteiger partial charge in [-0.05, 0) is 23.6 Å². The molecule has 3 aromatic carbocycles. The molecule has 0 spiro atoms. The lowest BCUT2D eigenvalue weighted by molar-refractivity contribution is 0.104. The second-order valence-electron chi connectivity index (χ2n) is 6.68. The SMILES string of the molecule is CCc1ccc(-c2cnc(-c3cccc4c3-c3ccccc3C4=O)o2)cc1. The van der Waals surface area contributed by atoms with Crippen LogP contribution < -0.4 is 0 Å². The van der Waals surface area contributed by atoms with Gasteiger partial charge in [-0.1, -0.05) is 67.6 Å². The van der Waals surface area contributed by atoms with E-state index in [1.165, 1.54) is 5.56 Å². The Labute approximate surface area is 157 Å². The van der Waals surface area contributed by atoms with E-state index in [1.54, 1.807) is 6.20 Å². The van der Waals surface area contributed by atoms with Gasteiger partial charge in [0.25, 0.3) is 0 Å². The third-order valence-corrected chi connectivity index (χ3v) is 5.13. The minimum atomic E-state index is 0.0596. The molecule has 0 bridgehead atoms. The van der Waals surface area contributed by atoms with Crippen molar-refractivity contribution < 1.29 is 9.21 Å². The number of hydrogen-bond acceptors (Lipinski definition) is 3. The number of carbonyl (C=O) groups is 1. The smallest absolute Gasteiger partial charge is 0.227 e. The second-order valence-corrected chi connectivity index (χ2v) is 6.68. The number of benzene rings is 3. The Hall–Kier alpha value is -3.46. The van der Waals surface area contributed by atoms with Crippen LogP contribution in [0.15, 0.2) is 77.3 Å². The van der Waals surface area contributed by atoms with Gasteiger partial charge in [-0.2, -0.15) is 0 Å². The highest BCUT2D eigenvalue weighted by Crippen LogP contribution is 2.43. The van der Waals surface area contributed by atoms with E-state index < -0.39 is 0 Å². The van der Waals surface area contributed by atoms with Crippen LogP contribution in [-0.4, -0.2) is 10.8 Å². The van der Waals surface area contributed by atoms with Gasteiger partial charge in [-0.3, -0.25) is 4.79 Å². The molecule has 4 aromatic rings. The maximum Gasteiger partial charge on any atom is 0.227 e. The topological polar surface area (TPSA) is 43.1 Å². The average Bonchev–Trinajstić information content (AvgIpc) is 3.33. The number of rotatable bonds is 3. The largest absolute Gasteiger partial charge is 0.436 e. The van der Waals surface area contributed by atoms with Gasteiger partial charge in [0.1, 0.15) is 0 Å². The molecule has 0 saturated heterocycles. The van der Waals surface area contributed by atoms with Gasteiger partial charge >= 0.3 is 0 Å². The van der Waals surface area contributed by atoms with Crippen LogP contribution in [0.1, 0.15) is 28.4 Å². The van der Waals surface area contributed by atoms with Crippen LogP contribution in [0.2, 0.25) is 0 Å². The summed E-state index contributed by atoms with van der Waals surface area (Å²) in [6, 6.07) is 21.7. The van der Waals surface area contributed by atoms with E-state index in [9.17, 15) is 4.79 Å². The van der Waals surface area contributed by atoms with Gasteiger partial charge in [0.05, 0.1) is 6.20 Å². The number of oxazole rings is 1. The lowest BCUT2D eigenvalue weighted by Gasteiger charge is -2.05. The van der Waals surface area contributed by atoms with Crippen molar-refractivity contribution in [3.05, 3.63) is 89.6 Å². The zero-order valence-electron chi connectivity index (χ0n) is 14.9. The van der Waals surface area contributed by atoms with E-state index >= 15 is 0 Å². The molecule has 0 amide bonds. The van der Waals surface area contributed by atoms with Crippen LogP contribution in [0.4, 0.5) is 0 Å². The molecule has 3 nitrogen and oxygen atoms in total. The first kappa shape index (κ1) is 15.8. The molecule has 0 aliphatic heterocycles. The number of nitrogens with zero attached hydrogens (tertiary/aromatic N) is 1. The summed E-state index contributed by atoms with van der Waals surface area (Å²) in [6.45, 7) is 2.14. The van der Waals surface area contributed by atoms with Crippen molar-refractivity contribution in [2.75, 3.05) is 0 Å². The molecule has 0 N–H and O–H groups in total. The van der Waals surface area contributed by atoms with Crippen molar-refractivity contribution in [1.82, 2.24) is 4.98 Å². The third kappa shape index (κ3) is 2.43. The van der Waals surface area contributed by atoms with Crippen LogP contribution in [-0.2, 0) is 6.42 Å². The molecule has 5 rings (SSSR count). The molecule has 0 atom stereocenters. The fraction of sp³-hybridized carbons (Fsp3) is 0.0833. The van der Waals surface area contributed by atoms with Crippen molar-refractivity contribution in [2.24, 2.45) is 0 Å². The molecule has 0 saturated carbocycles.